The summed E-state index contributed by atoms with van der Waals surface area (Å²) in [4.78, 5) is 30.9. The average Bonchev–Trinajstić information content (AvgIpc) is 3.12. The van der Waals surface area contributed by atoms with Crippen LogP contribution >= 0.6 is 0 Å². The third-order valence-electron chi connectivity index (χ3n) is 5.06. The van der Waals surface area contributed by atoms with Gasteiger partial charge >= 0.3 is 0 Å². The second kappa shape index (κ2) is 8.38. The van der Waals surface area contributed by atoms with Crippen LogP contribution in [-0.2, 0) is 22.7 Å². The molecule has 0 saturated carbocycles. The lowest BCUT2D eigenvalue weighted by Crippen LogP contribution is -2.32. The largest absolute Gasteiger partial charge is 0.496 e. The molecule has 8 nitrogen and oxygen atoms in total. The van der Waals surface area contributed by atoms with Crippen molar-refractivity contribution < 1.29 is 23.8 Å². The predicted octanol–water partition coefficient (Wildman–Crippen LogP) is 1.53. The lowest BCUT2D eigenvalue weighted by molar-refractivity contribution is -0.129. The van der Waals surface area contributed by atoms with E-state index in [9.17, 15) is 9.59 Å². The Balaban J connectivity index is 1.37. The summed E-state index contributed by atoms with van der Waals surface area (Å²) in [5, 5.41) is 2.92. The number of nitrogens with one attached hydrogen (secondary N) is 1. The fraction of sp³-hybridized carbons (Fsp3) is 0.381. The van der Waals surface area contributed by atoms with Gasteiger partial charge in [-0.05, 0) is 18.2 Å². The fourth-order valence-electron chi connectivity index (χ4n) is 3.55. The topological polar surface area (TPSA) is 90.0 Å². The van der Waals surface area contributed by atoms with Gasteiger partial charge in [-0.15, -0.1) is 0 Å². The van der Waals surface area contributed by atoms with E-state index in [1.807, 2.05) is 24.3 Å². The molecule has 1 N–H and O–H groups in total. The van der Waals surface area contributed by atoms with Gasteiger partial charge in [-0.25, -0.2) is 0 Å². The zero-order valence-electron chi connectivity index (χ0n) is 16.2. The maximum Gasteiger partial charge on any atom is 0.225 e. The van der Waals surface area contributed by atoms with Gasteiger partial charge in [-0.2, -0.15) is 0 Å². The molecule has 0 radical (unpaired) electrons. The minimum atomic E-state index is -0.380. The van der Waals surface area contributed by atoms with E-state index in [1.54, 1.807) is 24.3 Å². The minimum Gasteiger partial charge on any atom is -0.496 e. The van der Waals surface area contributed by atoms with Crippen LogP contribution in [0.5, 0.6) is 17.2 Å². The molecule has 2 amide bonds. The van der Waals surface area contributed by atoms with Gasteiger partial charge in [-0.1, -0.05) is 6.07 Å². The zero-order chi connectivity index (χ0) is 20.2. The first-order valence-corrected chi connectivity index (χ1v) is 9.56. The van der Waals surface area contributed by atoms with Crippen molar-refractivity contribution in [2.24, 2.45) is 5.92 Å². The van der Waals surface area contributed by atoms with Crippen LogP contribution in [-0.4, -0.2) is 48.6 Å². The van der Waals surface area contributed by atoms with Crippen molar-refractivity contribution in [3.05, 3.63) is 47.8 Å². The number of likely N-dealkylation sites (tertiary alicyclic amines) is 1. The van der Waals surface area contributed by atoms with Gasteiger partial charge < -0.3 is 24.4 Å². The van der Waals surface area contributed by atoms with E-state index in [4.69, 9.17) is 14.2 Å². The highest BCUT2D eigenvalue weighted by atomic mass is 16.6. The van der Waals surface area contributed by atoms with E-state index in [0.29, 0.717) is 43.6 Å². The molecule has 1 fully saturated rings. The van der Waals surface area contributed by atoms with E-state index in [0.717, 1.165) is 11.3 Å². The van der Waals surface area contributed by atoms with Gasteiger partial charge in [0, 0.05) is 37.3 Å². The molecule has 0 bridgehead atoms. The monoisotopic (exact) mass is 397 g/mol. The number of fused-ring (bicyclic) bond motifs is 1. The molecule has 1 saturated heterocycles. The number of carbonyl (C=O) groups excluding carboxylic acids is 2. The summed E-state index contributed by atoms with van der Waals surface area (Å²) in [7, 11) is 1.57. The molecule has 1 unspecified atom stereocenters. The first kappa shape index (κ1) is 19.0. The van der Waals surface area contributed by atoms with Crippen LogP contribution in [0.2, 0.25) is 0 Å². The summed E-state index contributed by atoms with van der Waals surface area (Å²) in [6.07, 6.45) is 1.90. The summed E-state index contributed by atoms with van der Waals surface area (Å²) in [5.41, 5.74) is 1.60. The summed E-state index contributed by atoms with van der Waals surface area (Å²) >= 11 is 0. The Labute approximate surface area is 168 Å². The van der Waals surface area contributed by atoms with Gasteiger partial charge in [0.15, 0.2) is 11.5 Å². The van der Waals surface area contributed by atoms with Crippen molar-refractivity contribution in [2.45, 2.75) is 19.5 Å². The Morgan fingerprint density at radius 1 is 1.28 bits per heavy atom. The SMILES string of the molecule is COc1cc2c(cc1CNC(=O)C1CC(=O)N(Cc3ccccn3)C1)OCCO2. The first-order chi connectivity index (χ1) is 14.1. The Bertz CT molecular complexity index is 903. The Morgan fingerprint density at radius 3 is 2.79 bits per heavy atom. The number of nitrogens with zero attached hydrogens (tertiary/aromatic N) is 2. The summed E-state index contributed by atoms with van der Waals surface area (Å²) in [5.74, 6) is 1.32. The van der Waals surface area contributed by atoms with E-state index >= 15 is 0 Å². The minimum absolute atomic E-state index is 0.0345. The van der Waals surface area contributed by atoms with E-state index < -0.39 is 0 Å². The highest BCUT2D eigenvalue weighted by Gasteiger charge is 2.34. The number of hydrogen-bond acceptors (Lipinski definition) is 6. The van der Waals surface area contributed by atoms with Gasteiger partial charge in [0.05, 0.1) is 25.3 Å². The first-order valence-electron chi connectivity index (χ1n) is 9.56. The quantitative estimate of drug-likeness (QED) is 0.795. The Kier molecular flexibility index (Phi) is 5.50. The fourth-order valence-corrected chi connectivity index (χ4v) is 3.55. The molecule has 1 aromatic carbocycles. The van der Waals surface area contributed by atoms with Gasteiger partial charge in [0.2, 0.25) is 11.8 Å². The lowest BCUT2D eigenvalue weighted by Gasteiger charge is -2.21. The molecular weight excluding hydrogens is 374 g/mol. The lowest BCUT2D eigenvalue weighted by atomic mass is 10.1. The van der Waals surface area contributed by atoms with Crippen molar-refractivity contribution in [1.29, 1.82) is 0 Å². The van der Waals surface area contributed by atoms with Crippen LogP contribution in [0.25, 0.3) is 0 Å². The number of amides is 2. The molecule has 2 aliphatic rings. The number of pyridine rings is 1. The number of benzene rings is 1. The molecule has 152 valence electrons. The maximum absolute atomic E-state index is 12.6. The normalized spacial score (nSPS) is 17.9. The average molecular weight is 397 g/mol. The number of carbonyl (C=O) groups is 2. The number of rotatable bonds is 6. The van der Waals surface area contributed by atoms with Gasteiger partial charge in [-0.3, -0.25) is 14.6 Å². The second-order valence-electron chi connectivity index (χ2n) is 7.02. The molecule has 2 aliphatic heterocycles. The van der Waals surface area contributed by atoms with Crippen LogP contribution in [0.3, 0.4) is 0 Å². The zero-order valence-corrected chi connectivity index (χ0v) is 16.2. The molecule has 3 heterocycles. The summed E-state index contributed by atoms with van der Waals surface area (Å²) < 4.78 is 16.6. The molecule has 8 heteroatoms. The highest BCUT2D eigenvalue weighted by molar-refractivity contribution is 5.89. The van der Waals surface area contributed by atoms with Crippen molar-refractivity contribution in [2.75, 3.05) is 26.9 Å². The molecule has 1 aromatic heterocycles. The molecule has 0 aliphatic carbocycles. The van der Waals surface area contributed by atoms with Crippen molar-refractivity contribution in [3.63, 3.8) is 0 Å². The number of ether oxygens (including phenoxy) is 3. The smallest absolute Gasteiger partial charge is 0.225 e. The Morgan fingerprint density at radius 2 is 2.07 bits per heavy atom. The number of hydrogen-bond donors (Lipinski definition) is 1. The highest BCUT2D eigenvalue weighted by Crippen LogP contribution is 2.36. The van der Waals surface area contributed by atoms with Crippen LogP contribution in [0.4, 0.5) is 0 Å². The number of methoxy groups -OCH3 is 1. The molecule has 4 rings (SSSR count). The molecule has 0 spiro atoms. The molecule has 2 aromatic rings. The predicted molar refractivity (Wildman–Crippen MR) is 104 cm³/mol. The van der Waals surface area contributed by atoms with Crippen LogP contribution in [0.1, 0.15) is 17.7 Å². The van der Waals surface area contributed by atoms with Crippen molar-refractivity contribution in [3.8, 4) is 17.2 Å². The van der Waals surface area contributed by atoms with E-state index in [1.165, 1.54) is 0 Å². The molecular formula is C21H23N3O5. The standard InChI is InChI=1S/C21H23N3O5/c1-27-17-10-19-18(28-6-7-29-19)8-14(17)11-23-21(26)15-9-20(25)24(12-15)13-16-4-2-3-5-22-16/h2-5,8,10,15H,6-7,9,11-13H2,1H3,(H,23,26). The van der Waals surface area contributed by atoms with Crippen LogP contribution in [0, 0.1) is 5.92 Å². The molecule has 1 atom stereocenters. The maximum atomic E-state index is 12.6. The molecule has 29 heavy (non-hydrogen) atoms. The summed E-state index contributed by atoms with van der Waals surface area (Å²) in [6.45, 7) is 2.07. The van der Waals surface area contributed by atoms with Crippen LogP contribution in [0.15, 0.2) is 36.5 Å². The van der Waals surface area contributed by atoms with Gasteiger partial charge in [0.1, 0.15) is 19.0 Å². The van der Waals surface area contributed by atoms with Crippen LogP contribution < -0.4 is 19.5 Å². The van der Waals surface area contributed by atoms with Crippen molar-refractivity contribution >= 4 is 11.8 Å². The van der Waals surface area contributed by atoms with E-state index in [-0.39, 0.29) is 30.7 Å². The summed E-state index contributed by atoms with van der Waals surface area (Å²) in [6, 6.07) is 9.17. The van der Waals surface area contributed by atoms with Crippen molar-refractivity contribution in [1.82, 2.24) is 15.2 Å². The van der Waals surface area contributed by atoms with E-state index in [2.05, 4.69) is 10.3 Å². The number of aromatic nitrogens is 1. The third kappa shape index (κ3) is 4.26. The second-order valence-corrected chi connectivity index (χ2v) is 7.02. The Hall–Kier alpha value is -3.29. The third-order valence-corrected chi connectivity index (χ3v) is 5.06. The van der Waals surface area contributed by atoms with Gasteiger partial charge in [0.25, 0.3) is 0 Å².